The van der Waals surface area contributed by atoms with E-state index < -0.39 is 11.7 Å². The summed E-state index contributed by atoms with van der Waals surface area (Å²) in [5, 5.41) is 12.8. The van der Waals surface area contributed by atoms with Gasteiger partial charge in [-0.25, -0.2) is 0 Å². The molecule has 0 heterocycles. The first-order valence-electron chi connectivity index (χ1n) is 7.29. The molecular formula is C16H24F3NO. The molecule has 0 saturated heterocycles. The molecule has 2 nitrogen and oxygen atoms in total. The zero-order valence-corrected chi connectivity index (χ0v) is 12.8. The third-order valence-corrected chi connectivity index (χ3v) is 4.36. The number of hydrogen-bond acceptors (Lipinski definition) is 2. The predicted octanol–water partition coefficient (Wildman–Crippen LogP) is 4.15. The minimum atomic E-state index is -4.30. The van der Waals surface area contributed by atoms with E-state index in [-0.39, 0.29) is 18.1 Å². The lowest BCUT2D eigenvalue weighted by atomic mass is 9.83. The number of rotatable bonds is 7. The van der Waals surface area contributed by atoms with Crippen molar-refractivity contribution >= 4 is 0 Å². The van der Waals surface area contributed by atoms with Gasteiger partial charge in [-0.15, -0.1) is 0 Å². The van der Waals surface area contributed by atoms with Gasteiger partial charge < -0.3 is 10.4 Å². The highest BCUT2D eigenvalue weighted by atomic mass is 19.4. The molecule has 0 aliphatic heterocycles. The van der Waals surface area contributed by atoms with Crippen LogP contribution in [0, 0.1) is 5.41 Å². The summed E-state index contributed by atoms with van der Waals surface area (Å²) in [6.07, 6.45) is -2.59. The second kappa shape index (κ2) is 7.27. The van der Waals surface area contributed by atoms with Crippen molar-refractivity contribution < 1.29 is 18.3 Å². The molecule has 0 saturated carbocycles. The standard InChI is InChI=1S/C16H24F3NO/c1-4-15(5-2,11-21)10-20-12(3)13-6-8-14(9-7-13)16(17,18)19/h6-9,12,20-21H,4-5,10-11H2,1-3H3. The highest BCUT2D eigenvalue weighted by Gasteiger charge is 2.30. The normalized spacial score (nSPS) is 14.2. The fraction of sp³-hybridized carbons (Fsp3) is 0.625. The van der Waals surface area contributed by atoms with Crippen molar-refractivity contribution in [1.29, 1.82) is 0 Å². The molecule has 1 atom stereocenters. The average molecular weight is 303 g/mol. The molecule has 0 spiro atoms. The molecule has 2 N–H and O–H groups in total. The third-order valence-electron chi connectivity index (χ3n) is 4.36. The molecule has 5 heteroatoms. The van der Waals surface area contributed by atoms with E-state index in [0.717, 1.165) is 30.5 Å². The fourth-order valence-electron chi connectivity index (χ4n) is 2.23. The zero-order chi connectivity index (χ0) is 16.1. The van der Waals surface area contributed by atoms with Crippen LogP contribution in [-0.2, 0) is 6.18 Å². The highest BCUT2D eigenvalue weighted by molar-refractivity contribution is 5.26. The van der Waals surface area contributed by atoms with Gasteiger partial charge in [-0.05, 0) is 37.5 Å². The SMILES string of the molecule is CCC(CC)(CO)CNC(C)c1ccc(C(F)(F)F)cc1. The Morgan fingerprint density at radius 3 is 2.00 bits per heavy atom. The summed E-state index contributed by atoms with van der Waals surface area (Å²) in [6.45, 7) is 6.72. The summed E-state index contributed by atoms with van der Waals surface area (Å²) in [5.74, 6) is 0. The fourth-order valence-corrected chi connectivity index (χ4v) is 2.23. The Balaban J connectivity index is 2.70. The van der Waals surface area contributed by atoms with E-state index in [2.05, 4.69) is 5.32 Å². The molecule has 120 valence electrons. The van der Waals surface area contributed by atoms with Crippen molar-refractivity contribution in [2.24, 2.45) is 5.41 Å². The molecule has 1 rings (SSSR count). The molecule has 21 heavy (non-hydrogen) atoms. The molecule has 0 aromatic heterocycles. The maximum absolute atomic E-state index is 12.5. The zero-order valence-electron chi connectivity index (χ0n) is 12.8. The number of nitrogens with one attached hydrogen (secondary N) is 1. The van der Waals surface area contributed by atoms with Crippen molar-refractivity contribution in [3.63, 3.8) is 0 Å². The molecule has 0 amide bonds. The number of halogens is 3. The Morgan fingerprint density at radius 2 is 1.62 bits per heavy atom. The molecule has 1 aromatic carbocycles. The van der Waals surface area contributed by atoms with Crippen molar-refractivity contribution in [3.05, 3.63) is 35.4 Å². The molecule has 0 aliphatic rings. The number of hydrogen-bond donors (Lipinski definition) is 2. The van der Waals surface area contributed by atoms with Crippen LogP contribution in [-0.4, -0.2) is 18.3 Å². The topological polar surface area (TPSA) is 32.3 Å². The van der Waals surface area contributed by atoms with Crippen LogP contribution in [0.3, 0.4) is 0 Å². The van der Waals surface area contributed by atoms with E-state index in [1.54, 1.807) is 0 Å². The smallest absolute Gasteiger partial charge is 0.396 e. The van der Waals surface area contributed by atoms with Gasteiger partial charge in [0, 0.05) is 24.6 Å². The third kappa shape index (κ3) is 4.71. The van der Waals surface area contributed by atoms with Gasteiger partial charge in [0.2, 0.25) is 0 Å². The molecule has 0 aliphatic carbocycles. The van der Waals surface area contributed by atoms with Gasteiger partial charge in [0.15, 0.2) is 0 Å². The Morgan fingerprint density at radius 1 is 1.10 bits per heavy atom. The molecule has 0 radical (unpaired) electrons. The van der Waals surface area contributed by atoms with Crippen LogP contribution in [0.2, 0.25) is 0 Å². The first kappa shape index (κ1) is 18.0. The van der Waals surface area contributed by atoms with E-state index in [4.69, 9.17) is 0 Å². The Labute approximate surface area is 124 Å². The van der Waals surface area contributed by atoms with Gasteiger partial charge >= 0.3 is 6.18 Å². The van der Waals surface area contributed by atoms with Crippen LogP contribution in [0.15, 0.2) is 24.3 Å². The molecule has 1 unspecified atom stereocenters. The first-order valence-corrected chi connectivity index (χ1v) is 7.29. The van der Waals surface area contributed by atoms with Crippen LogP contribution in [0.1, 0.15) is 50.8 Å². The molecule has 0 bridgehead atoms. The van der Waals surface area contributed by atoms with Gasteiger partial charge in [-0.1, -0.05) is 26.0 Å². The lowest BCUT2D eigenvalue weighted by molar-refractivity contribution is -0.137. The molecule has 0 fully saturated rings. The van der Waals surface area contributed by atoms with Gasteiger partial charge in [0.05, 0.1) is 5.56 Å². The van der Waals surface area contributed by atoms with Crippen molar-refractivity contribution in [2.75, 3.05) is 13.2 Å². The quantitative estimate of drug-likeness (QED) is 0.793. The number of aliphatic hydroxyl groups is 1. The second-order valence-corrected chi connectivity index (χ2v) is 5.59. The monoisotopic (exact) mass is 303 g/mol. The minimum absolute atomic E-state index is 0.0590. The van der Waals surface area contributed by atoms with E-state index in [1.165, 1.54) is 12.1 Å². The van der Waals surface area contributed by atoms with Crippen LogP contribution < -0.4 is 5.32 Å². The number of alkyl halides is 3. The van der Waals surface area contributed by atoms with E-state index in [1.807, 2.05) is 20.8 Å². The lowest BCUT2D eigenvalue weighted by Gasteiger charge is -2.31. The molecule has 1 aromatic rings. The summed E-state index contributed by atoms with van der Waals surface area (Å²) in [4.78, 5) is 0. The van der Waals surface area contributed by atoms with E-state index >= 15 is 0 Å². The van der Waals surface area contributed by atoms with Crippen LogP contribution >= 0.6 is 0 Å². The summed E-state index contributed by atoms with van der Waals surface area (Å²) in [6, 6.07) is 5.15. The Hall–Kier alpha value is -1.07. The van der Waals surface area contributed by atoms with Gasteiger partial charge in [0.25, 0.3) is 0 Å². The highest BCUT2D eigenvalue weighted by Crippen LogP contribution is 2.30. The largest absolute Gasteiger partial charge is 0.416 e. The van der Waals surface area contributed by atoms with Crippen molar-refractivity contribution in [3.8, 4) is 0 Å². The Bertz CT molecular complexity index is 416. The maximum atomic E-state index is 12.5. The summed E-state index contributed by atoms with van der Waals surface area (Å²) in [7, 11) is 0. The number of aliphatic hydroxyl groups excluding tert-OH is 1. The van der Waals surface area contributed by atoms with Gasteiger partial charge in [-0.3, -0.25) is 0 Å². The van der Waals surface area contributed by atoms with Crippen LogP contribution in [0.5, 0.6) is 0 Å². The average Bonchev–Trinajstić information content (AvgIpc) is 2.48. The second-order valence-electron chi connectivity index (χ2n) is 5.59. The van der Waals surface area contributed by atoms with E-state index in [9.17, 15) is 18.3 Å². The first-order chi connectivity index (χ1) is 9.78. The predicted molar refractivity (Wildman–Crippen MR) is 78.0 cm³/mol. The van der Waals surface area contributed by atoms with Crippen molar-refractivity contribution in [1.82, 2.24) is 5.32 Å². The lowest BCUT2D eigenvalue weighted by Crippen LogP contribution is -2.37. The van der Waals surface area contributed by atoms with Crippen LogP contribution in [0.4, 0.5) is 13.2 Å². The number of benzene rings is 1. The van der Waals surface area contributed by atoms with Gasteiger partial charge in [0.1, 0.15) is 0 Å². The maximum Gasteiger partial charge on any atom is 0.416 e. The van der Waals surface area contributed by atoms with E-state index in [0.29, 0.717) is 6.54 Å². The summed E-state index contributed by atoms with van der Waals surface area (Å²) >= 11 is 0. The van der Waals surface area contributed by atoms with Gasteiger partial charge in [-0.2, -0.15) is 13.2 Å². The van der Waals surface area contributed by atoms with Crippen molar-refractivity contribution in [2.45, 2.75) is 45.8 Å². The van der Waals surface area contributed by atoms with Crippen LogP contribution in [0.25, 0.3) is 0 Å². The summed E-state index contributed by atoms with van der Waals surface area (Å²) in [5.41, 5.74) is 0.00694. The Kier molecular flexibility index (Phi) is 6.23. The summed E-state index contributed by atoms with van der Waals surface area (Å²) < 4.78 is 37.6. The molecular weight excluding hydrogens is 279 g/mol. The minimum Gasteiger partial charge on any atom is -0.396 e.